The molecule has 0 saturated carbocycles. The molecule has 0 atom stereocenters. The molecule has 0 spiro atoms. The predicted octanol–water partition coefficient (Wildman–Crippen LogP) is 1.62. The third kappa shape index (κ3) is 6.75. The second kappa shape index (κ2) is 10.7. The number of para-hydroxylation sites is 2. The molecule has 0 bridgehead atoms. The Labute approximate surface area is 135 Å². The molecule has 2 rings (SSSR count). The van der Waals surface area contributed by atoms with E-state index in [1.54, 1.807) is 50.8 Å². The Balaban J connectivity index is 0.000000364. The average molecular weight is 332 g/mol. The van der Waals surface area contributed by atoms with E-state index in [4.69, 9.17) is 0 Å². The van der Waals surface area contributed by atoms with Crippen molar-refractivity contribution >= 4 is 12.4 Å². The first-order chi connectivity index (χ1) is 9.69. The Morgan fingerprint density at radius 1 is 0.714 bits per heavy atom. The quantitative estimate of drug-likeness (QED) is 0.619. The SMILES string of the molecule is CN=Cc1ccccc1[O-].CN=Cc1ccccc1[O-].[Cu+2]. The molecule has 0 aliphatic carbocycles. The Hall–Kier alpha value is -2.10. The minimum absolute atomic E-state index is 0. The molecule has 5 heteroatoms. The van der Waals surface area contributed by atoms with E-state index in [0.29, 0.717) is 11.1 Å². The van der Waals surface area contributed by atoms with Gasteiger partial charge in [0.15, 0.2) is 0 Å². The fourth-order valence-corrected chi connectivity index (χ4v) is 1.45. The molecule has 2 aromatic rings. The first-order valence-corrected chi connectivity index (χ1v) is 6.05. The average Bonchev–Trinajstić information content (AvgIpc) is 2.45. The molecular weight excluding hydrogens is 316 g/mol. The van der Waals surface area contributed by atoms with Gasteiger partial charge in [-0.1, -0.05) is 48.5 Å². The Kier molecular flexibility index (Phi) is 9.59. The summed E-state index contributed by atoms with van der Waals surface area (Å²) in [7, 11) is 3.29. The molecule has 4 nitrogen and oxygen atoms in total. The summed E-state index contributed by atoms with van der Waals surface area (Å²) >= 11 is 0. The monoisotopic (exact) mass is 331 g/mol. The van der Waals surface area contributed by atoms with Crippen LogP contribution in [0.3, 0.4) is 0 Å². The van der Waals surface area contributed by atoms with E-state index >= 15 is 0 Å². The summed E-state index contributed by atoms with van der Waals surface area (Å²) in [5.41, 5.74) is 1.29. The van der Waals surface area contributed by atoms with Gasteiger partial charge in [-0.25, -0.2) is 0 Å². The maximum atomic E-state index is 10.9. The first-order valence-electron chi connectivity index (χ1n) is 6.05. The summed E-state index contributed by atoms with van der Waals surface area (Å²) in [6, 6.07) is 13.6. The number of aliphatic imine (C=N–C) groups is 2. The summed E-state index contributed by atoms with van der Waals surface area (Å²) in [4.78, 5) is 7.48. The smallest absolute Gasteiger partial charge is 0.872 e. The molecule has 0 aromatic heterocycles. The zero-order chi connectivity index (χ0) is 14.8. The van der Waals surface area contributed by atoms with Crippen molar-refractivity contribution in [2.75, 3.05) is 14.1 Å². The van der Waals surface area contributed by atoms with Crippen LogP contribution in [0.1, 0.15) is 11.1 Å². The largest absolute Gasteiger partial charge is 2.00 e. The van der Waals surface area contributed by atoms with E-state index in [1.807, 2.05) is 12.1 Å². The van der Waals surface area contributed by atoms with Crippen LogP contribution in [0.15, 0.2) is 58.5 Å². The van der Waals surface area contributed by atoms with Crippen molar-refractivity contribution in [3.63, 3.8) is 0 Å². The normalized spacial score (nSPS) is 10.0. The molecule has 0 heterocycles. The molecule has 0 saturated heterocycles. The summed E-state index contributed by atoms with van der Waals surface area (Å²) in [5.74, 6) is 0.0428. The molecule has 0 fully saturated rings. The zero-order valence-electron chi connectivity index (χ0n) is 11.8. The number of hydrogen-bond donors (Lipinski definition) is 0. The van der Waals surface area contributed by atoms with Crippen LogP contribution in [0.2, 0.25) is 0 Å². The minimum Gasteiger partial charge on any atom is -0.872 e. The van der Waals surface area contributed by atoms with E-state index in [-0.39, 0.29) is 28.6 Å². The van der Waals surface area contributed by atoms with Crippen molar-refractivity contribution in [2.45, 2.75) is 0 Å². The van der Waals surface area contributed by atoms with Gasteiger partial charge >= 0.3 is 17.1 Å². The molecule has 0 amide bonds. The number of nitrogens with zero attached hydrogens (tertiary/aromatic N) is 2. The molecule has 0 unspecified atom stereocenters. The van der Waals surface area contributed by atoms with Crippen LogP contribution < -0.4 is 10.2 Å². The third-order valence-corrected chi connectivity index (χ3v) is 2.37. The minimum atomic E-state index is 0. The van der Waals surface area contributed by atoms with Gasteiger partial charge in [-0.15, -0.1) is 11.5 Å². The zero-order valence-corrected chi connectivity index (χ0v) is 12.7. The molecule has 0 aliphatic rings. The van der Waals surface area contributed by atoms with Gasteiger partial charge < -0.3 is 10.2 Å². The van der Waals surface area contributed by atoms with E-state index < -0.39 is 0 Å². The second-order valence-electron chi connectivity index (χ2n) is 3.85. The molecule has 1 radical (unpaired) electrons. The molecule has 0 aliphatic heterocycles. The maximum absolute atomic E-state index is 10.9. The fraction of sp³-hybridized carbons (Fsp3) is 0.125. The molecule has 113 valence electrons. The van der Waals surface area contributed by atoms with Gasteiger partial charge in [-0.2, -0.15) is 0 Å². The molecule has 21 heavy (non-hydrogen) atoms. The van der Waals surface area contributed by atoms with Crippen molar-refractivity contribution in [1.29, 1.82) is 0 Å². The summed E-state index contributed by atoms with van der Waals surface area (Å²) in [6.45, 7) is 0. The number of hydrogen-bond acceptors (Lipinski definition) is 4. The Morgan fingerprint density at radius 3 is 1.33 bits per heavy atom. The standard InChI is InChI=1S/2C8H9NO.Cu/c2*1-9-6-7-4-2-3-5-8(7)10;/h2*2-6,10H,1H3;/q;;+2/p-2. The van der Waals surface area contributed by atoms with Crippen LogP contribution >= 0.6 is 0 Å². The van der Waals surface area contributed by atoms with Crippen LogP contribution in [0.25, 0.3) is 0 Å². The van der Waals surface area contributed by atoms with Crippen molar-refractivity contribution < 1.29 is 27.3 Å². The van der Waals surface area contributed by atoms with Crippen LogP contribution in [0.4, 0.5) is 0 Å². The topological polar surface area (TPSA) is 70.8 Å². The fourth-order valence-electron chi connectivity index (χ4n) is 1.45. The van der Waals surface area contributed by atoms with Crippen molar-refractivity contribution in [1.82, 2.24) is 0 Å². The van der Waals surface area contributed by atoms with E-state index in [1.165, 1.54) is 12.1 Å². The predicted molar refractivity (Wildman–Crippen MR) is 78.8 cm³/mol. The van der Waals surface area contributed by atoms with Crippen LogP contribution in [-0.4, -0.2) is 26.5 Å². The van der Waals surface area contributed by atoms with Crippen molar-refractivity contribution in [2.24, 2.45) is 9.98 Å². The number of benzene rings is 2. The van der Waals surface area contributed by atoms with Crippen LogP contribution in [-0.2, 0) is 17.1 Å². The van der Waals surface area contributed by atoms with Gasteiger partial charge in [-0.05, 0) is 11.1 Å². The third-order valence-electron chi connectivity index (χ3n) is 2.37. The van der Waals surface area contributed by atoms with E-state index in [9.17, 15) is 10.2 Å². The summed E-state index contributed by atoms with van der Waals surface area (Å²) in [6.07, 6.45) is 3.12. The van der Waals surface area contributed by atoms with Crippen molar-refractivity contribution in [3.8, 4) is 11.5 Å². The van der Waals surface area contributed by atoms with E-state index in [2.05, 4.69) is 9.98 Å². The van der Waals surface area contributed by atoms with Gasteiger partial charge in [0, 0.05) is 26.5 Å². The number of rotatable bonds is 2. The second-order valence-corrected chi connectivity index (χ2v) is 3.85. The van der Waals surface area contributed by atoms with Crippen LogP contribution in [0, 0.1) is 0 Å². The van der Waals surface area contributed by atoms with Gasteiger partial charge in [-0.3, -0.25) is 9.98 Å². The summed E-state index contributed by atoms with van der Waals surface area (Å²) in [5, 5.41) is 21.8. The van der Waals surface area contributed by atoms with Gasteiger partial charge in [0.2, 0.25) is 0 Å². The van der Waals surface area contributed by atoms with Gasteiger partial charge in [0.25, 0.3) is 0 Å². The van der Waals surface area contributed by atoms with Gasteiger partial charge in [0.05, 0.1) is 0 Å². The molecular formula is C16H16CuN2O2. The molecule has 2 aromatic carbocycles. The van der Waals surface area contributed by atoms with E-state index in [0.717, 1.165) is 0 Å². The van der Waals surface area contributed by atoms with Gasteiger partial charge in [0.1, 0.15) is 0 Å². The Morgan fingerprint density at radius 2 is 1.05 bits per heavy atom. The van der Waals surface area contributed by atoms with Crippen molar-refractivity contribution in [3.05, 3.63) is 59.7 Å². The molecule has 0 N–H and O–H groups in total. The maximum Gasteiger partial charge on any atom is 2.00 e. The van der Waals surface area contributed by atoms with Crippen LogP contribution in [0.5, 0.6) is 11.5 Å². The summed E-state index contributed by atoms with van der Waals surface area (Å²) < 4.78 is 0. The Bertz CT molecular complexity index is 545. The first kappa shape index (κ1) is 18.9.